The standard InChI is InChI=1S/C20H23NO4/c1-14(2)12-13-19(23)25-20-17(21-15(3)22)10-7-11-18(20)24-16-8-5-4-6-9-16/h4-11,14H,12-13H2,1-3H3,(H,21,22). The Hall–Kier alpha value is -2.82. The van der Waals surface area contributed by atoms with E-state index in [4.69, 9.17) is 9.47 Å². The third kappa shape index (κ3) is 5.95. The van der Waals surface area contributed by atoms with Crippen LogP contribution >= 0.6 is 0 Å². The third-order valence-corrected chi connectivity index (χ3v) is 3.40. The summed E-state index contributed by atoms with van der Waals surface area (Å²) in [7, 11) is 0. The van der Waals surface area contributed by atoms with Gasteiger partial charge in [-0.2, -0.15) is 0 Å². The zero-order valence-electron chi connectivity index (χ0n) is 14.7. The molecule has 2 rings (SSSR count). The first kappa shape index (κ1) is 18.5. The molecule has 0 aliphatic rings. The maximum atomic E-state index is 12.2. The second kappa shape index (κ2) is 8.87. The van der Waals surface area contributed by atoms with Crippen molar-refractivity contribution < 1.29 is 19.1 Å². The molecule has 0 aliphatic heterocycles. The molecule has 132 valence electrons. The fourth-order valence-corrected chi connectivity index (χ4v) is 2.18. The van der Waals surface area contributed by atoms with Crippen LogP contribution in [0.15, 0.2) is 48.5 Å². The van der Waals surface area contributed by atoms with E-state index in [1.807, 2.05) is 32.0 Å². The Morgan fingerprint density at radius 3 is 2.40 bits per heavy atom. The largest absolute Gasteiger partial charge is 0.453 e. The molecule has 0 saturated carbocycles. The Balaban J connectivity index is 2.28. The van der Waals surface area contributed by atoms with Crippen LogP contribution in [0.4, 0.5) is 5.69 Å². The van der Waals surface area contributed by atoms with Gasteiger partial charge in [0.15, 0.2) is 11.5 Å². The van der Waals surface area contributed by atoms with Crippen LogP contribution in [-0.4, -0.2) is 11.9 Å². The number of hydrogen-bond acceptors (Lipinski definition) is 4. The number of carbonyl (C=O) groups is 2. The first-order valence-corrected chi connectivity index (χ1v) is 8.30. The lowest BCUT2D eigenvalue weighted by Crippen LogP contribution is -2.13. The van der Waals surface area contributed by atoms with Gasteiger partial charge in [0.25, 0.3) is 0 Å². The highest BCUT2D eigenvalue weighted by atomic mass is 16.6. The van der Waals surface area contributed by atoms with E-state index in [1.54, 1.807) is 30.3 Å². The zero-order valence-corrected chi connectivity index (χ0v) is 14.7. The van der Waals surface area contributed by atoms with E-state index >= 15 is 0 Å². The lowest BCUT2D eigenvalue weighted by molar-refractivity contribution is -0.134. The number of esters is 1. The Bertz CT molecular complexity index is 726. The van der Waals surface area contributed by atoms with E-state index in [1.165, 1.54) is 6.92 Å². The minimum atomic E-state index is -0.357. The molecule has 0 unspecified atom stereocenters. The second-order valence-corrected chi connectivity index (χ2v) is 6.14. The van der Waals surface area contributed by atoms with Crippen molar-refractivity contribution in [2.45, 2.75) is 33.6 Å². The summed E-state index contributed by atoms with van der Waals surface area (Å²) >= 11 is 0. The van der Waals surface area contributed by atoms with Crippen LogP contribution in [0.1, 0.15) is 33.6 Å². The van der Waals surface area contributed by atoms with Gasteiger partial charge in [0.1, 0.15) is 5.75 Å². The molecule has 1 amide bonds. The lowest BCUT2D eigenvalue weighted by atomic mass is 10.1. The third-order valence-electron chi connectivity index (χ3n) is 3.40. The molecule has 0 spiro atoms. The average Bonchev–Trinajstić information content (AvgIpc) is 2.56. The summed E-state index contributed by atoms with van der Waals surface area (Å²) in [4.78, 5) is 23.6. The maximum absolute atomic E-state index is 12.2. The Morgan fingerprint density at radius 2 is 1.76 bits per heavy atom. The van der Waals surface area contributed by atoms with Crippen molar-refractivity contribution in [1.29, 1.82) is 0 Å². The van der Waals surface area contributed by atoms with Crippen LogP contribution in [0.5, 0.6) is 17.2 Å². The zero-order chi connectivity index (χ0) is 18.2. The Kier molecular flexibility index (Phi) is 6.57. The molecular formula is C20H23NO4. The van der Waals surface area contributed by atoms with Gasteiger partial charge in [-0.3, -0.25) is 9.59 Å². The molecule has 0 radical (unpaired) electrons. The molecule has 0 aromatic heterocycles. The molecule has 0 bridgehead atoms. The van der Waals surface area contributed by atoms with Crippen LogP contribution in [-0.2, 0) is 9.59 Å². The van der Waals surface area contributed by atoms with Crippen molar-refractivity contribution in [3.05, 3.63) is 48.5 Å². The quantitative estimate of drug-likeness (QED) is 0.581. The molecule has 5 nitrogen and oxygen atoms in total. The van der Waals surface area contributed by atoms with Gasteiger partial charge in [-0.05, 0) is 36.6 Å². The van der Waals surface area contributed by atoms with Crippen molar-refractivity contribution in [3.63, 3.8) is 0 Å². The number of hydrogen-bond donors (Lipinski definition) is 1. The van der Waals surface area contributed by atoms with Crippen molar-refractivity contribution in [1.82, 2.24) is 0 Å². The van der Waals surface area contributed by atoms with Crippen LogP contribution in [0.2, 0.25) is 0 Å². The molecule has 0 aliphatic carbocycles. The number of rotatable bonds is 7. The SMILES string of the molecule is CC(=O)Nc1cccc(Oc2ccccc2)c1OC(=O)CCC(C)C. The normalized spacial score (nSPS) is 10.4. The van der Waals surface area contributed by atoms with E-state index < -0.39 is 0 Å². The van der Waals surface area contributed by atoms with Gasteiger partial charge in [0, 0.05) is 13.3 Å². The van der Waals surface area contributed by atoms with E-state index in [2.05, 4.69) is 5.32 Å². The molecule has 2 aromatic carbocycles. The summed E-state index contributed by atoms with van der Waals surface area (Å²) in [6, 6.07) is 14.3. The summed E-state index contributed by atoms with van der Waals surface area (Å²) in [5, 5.41) is 2.67. The fraction of sp³-hybridized carbons (Fsp3) is 0.300. The van der Waals surface area contributed by atoms with E-state index in [0.717, 1.165) is 6.42 Å². The van der Waals surface area contributed by atoms with Gasteiger partial charge in [0.05, 0.1) is 5.69 Å². The first-order valence-electron chi connectivity index (χ1n) is 8.30. The maximum Gasteiger partial charge on any atom is 0.311 e. The monoisotopic (exact) mass is 341 g/mol. The summed E-state index contributed by atoms with van der Waals surface area (Å²) in [6.07, 6.45) is 1.03. The van der Waals surface area contributed by atoms with Crippen LogP contribution in [0.3, 0.4) is 0 Å². The Labute approximate surface area is 148 Å². The minimum Gasteiger partial charge on any atom is -0.453 e. The molecule has 0 atom stereocenters. The molecule has 5 heteroatoms. The van der Waals surface area contributed by atoms with Gasteiger partial charge in [-0.15, -0.1) is 0 Å². The highest BCUT2D eigenvalue weighted by Gasteiger charge is 2.17. The first-order chi connectivity index (χ1) is 12.0. The number of para-hydroxylation sites is 2. The van der Waals surface area contributed by atoms with E-state index in [-0.39, 0.29) is 17.6 Å². The average molecular weight is 341 g/mol. The van der Waals surface area contributed by atoms with Crippen LogP contribution in [0, 0.1) is 5.92 Å². The highest BCUT2D eigenvalue weighted by molar-refractivity contribution is 5.92. The molecule has 25 heavy (non-hydrogen) atoms. The van der Waals surface area contributed by atoms with Crippen molar-refractivity contribution in [3.8, 4) is 17.2 Å². The summed E-state index contributed by atoms with van der Waals surface area (Å²) in [6.45, 7) is 5.49. The van der Waals surface area contributed by atoms with Crippen molar-refractivity contribution in [2.24, 2.45) is 5.92 Å². The minimum absolute atomic E-state index is 0.218. The van der Waals surface area contributed by atoms with Crippen molar-refractivity contribution >= 4 is 17.6 Å². The number of amides is 1. The predicted octanol–water partition coefficient (Wildman–Crippen LogP) is 4.78. The summed E-state index contributed by atoms with van der Waals surface area (Å²) in [5.41, 5.74) is 0.402. The molecule has 0 heterocycles. The second-order valence-electron chi connectivity index (χ2n) is 6.14. The number of ether oxygens (including phenoxy) is 2. The number of carbonyl (C=O) groups excluding carboxylic acids is 2. The highest BCUT2D eigenvalue weighted by Crippen LogP contribution is 2.38. The van der Waals surface area contributed by atoms with E-state index in [9.17, 15) is 9.59 Å². The van der Waals surface area contributed by atoms with Gasteiger partial charge in [-0.1, -0.05) is 38.1 Å². The van der Waals surface area contributed by atoms with Gasteiger partial charge < -0.3 is 14.8 Å². The topological polar surface area (TPSA) is 64.6 Å². The fourth-order valence-electron chi connectivity index (χ4n) is 2.18. The predicted molar refractivity (Wildman–Crippen MR) is 97.0 cm³/mol. The number of benzene rings is 2. The smallest absolute Gasteiger partial charge is 0.311 e. The molecular weight excluding hydrogens is 318 g/mol. The lowest BCUT2D eigenvalue weighted by Gasteiger charge is -2.15. The number of nitrogens with one attached hydrogen (secondary N) is 1. The summed E-state index contributed by atoms with van der Waals surface area (Å²) < 4.78 is 11.4. The van der Waals surface area contributed by atoms with Crippen LogP contribution < -0.4 is 14.8 Å². The van der Waals surface area contributed by atoms with Gasteiger partial charge >= 0.3 is 5.97 Å². The molecule has 0 fully saturated rings. The van der Waals surface area contributed by atoms with Crippen molar-refractivity contribution in [2.75, 3.05) is 5.32 Å². The molecule has 2 aromatic rings. The van der Waals surface area contributed by atoms with Gasteiger partial charge in [0.2, 0.25) is 5.91 Å². The Morgan fingerprint density at radius 1 is 1.04 bits per heavy atom. The number of anilines is 1. The molecule has 1 N–H and O–H groups in total. The summed E-state index contributed by atoms with van der Waals surface area (Å²) in [5.74, 6) is 0.992. The van der Waals surface area contributed by atoms with Crippen LogP contribution in [0.25, 0.3) is 0 Å². The van der Waals surface area contributed by atoms with Gasteiger partial charge in [-0.25, -0.2) is 0 Å². The van der Waals surface area contributed by atoms with E-state index in [0.29, 0.717) is 29.5 Å². The molecule has 0 saturated heterocycles.